The molecule has 0 saturated heterocycles. The lowest BCUT2D eigenvalue weighted by Gasteiger charge is -2.27. The second-order valence-corrected chi connectivity index (χ2v) is 12.6. The first-order valence-corrected chi connectivity index (χ1v) is 13.2. The molecule has 2 heterocycles. The van der Waals surface area contributed by atoms with E-state index in [1.54, 1.807) is 12.1 Å². The molecule has 1 aromatic heterocycles. The van der Waals surface area contributed by atoms with E-state index in [4.69, 9.17) is 0 Å². The Morgan fingerprint density at radius 2 is 1.55 bits per heavy atom. The number of anilines is 3. The highest BCUT2D eigenvalue weighted by atomic mass is 32.2. The van der Waals surface area contributed by atoms with Crippen LogP contribution in [0.3, 0.4) is 0 Å². The van der Waals surface area contributed by atoms with E-state index in [2.05, 4.69) is 10.3 Å². The van der Waals surface area contributed by atoms with Crippen LogP contribution in [0.2, 0.25) is 0 Å². The molecule has 0 saturated carbocycles. The molecule has 0 fully saturated rings. The third kappa shape index (κ3) is 4.94. The van der Waals surface area contributed by atoms with Crippen molar-refractivity contribution in [2.45, 2.75) is 63.1 Å². The molecule has 2 aromatic carbocycles. The first-order chi connectivity index (χ1) is 17.4. The lowest BCUT2D eigenvalue weighted by molar-refractivity contribution is -0.142. The summed E-state index contributed by atoms with van der Waals surface area (Å²) in [6.45, 7) is 8.64. The fourth-order valence-electron chi connectivity index (χ4n) is 4.07. The van der Waals surface area contributed by atoms with Gasteiger partial charge in [-0.25, -0.2) is 13.4 Å². The Labute approximate surface area is 219 Å². The number of hydrogen-bond donors (Lipinski definition) is 2. The van der Waals surface area contributed by atoms with Crippen molar-refractivity contribution < 1.29 is 31.5 Å². The maximum atomic E-state index is 14.0. The Balaban J connectivity index is 1.92. The summed E-state index contributed by atoms with van der Waals surface area (Å²) in [6, 6.07) is 12.8. The van der Waals surface area contributed by atoms with Crippen LogP contribution in [0.25, 0.3) is 0 Å². The van der Waals surface area contributed by atoms with Gasteiger partial charge in [-0.05, 0) is 60.7 Å². The SMILES string of the molecule is CC(C)(C)c1ccc(S(=O)(=O)N2Cc3ccc(C(F)(F)F)nc3Nc3ccc(C(C)(C)C(=O)O)cc32)cc1. The summed E-state index contributed by atoms with van der Waals surface area (Å²) >= 11 is 0. The summed E-state index contributed by atoms with van der Waals surface area (Å²) in [4.78, 5) is 15.6. The molecule has 0 bridgehead atoms. The van der Waals surface area contributed by atoms with E-state index in [1.165, 1.54) is 50.2 Å². The Bertz CT molecular complexity index is 1510. The van der Waals surface area contributed by atoms with Crippen molar-refractivity contribution in [1.29, 1.82) is 0 Å². The molecule has 0 unspecified atom stereocenters. The fourth-order valence-corrected chi connectivity index (χ4v) is 5.53. The van der Waals surface area contributed by atoms with E-state index in [0.717, 1.165) is 15.9 Å². The van der Waals surface area contributed by atoms with Crippen LogP contribution in [0.1, 0.15) is 57.0 Å². The van der Waals surface area contributed by atoms with Crippen LogP contribution in [0, 0.1) is 0 Å². The number of alkyl halides is 3. The summed E-state index contributed by atoms with van der Waals surface area (Å²) in [5, 5.41) is 12.6. The minimum absolute atomic E-state index is 0.0114. The number of carboxylic acids is 1. The van der Waals surface area contributed by atoms with Gasteiger partial charge in [-0.3, -0.25) is 9.10 Å². The van der Waals surface area contributed by atoms with Crippen molar-refractivity contribution in [2.75, 3.05) is 9.62 Å². The highest BCUT2D eigenvalue weighted by molar-refractivity contribution is 7.92. The van der Waals surface area contributed by atoms with Crippen LogP contribution in [0.4, 0.5) is 30.4 Å². The van der Waals surface area contributed by atoms with E-state index >= 15 is 0 Å². The molecule has 0 spiro atoms. The maximum Gasteiger partial charge on any atom is 0.433 e. The van der Waals surface area contributed by atoms with Gasteiger partial charge in [0.05, 0.1) is 28.2 Å². The minimum atomic E-state index is -4.69. The van der Waals surface area contributed by atoms with E-state index in [-0.39, 0.29) is 39.6 Å². The Hall–Kier alpha value is -3.60. The molecule has 1 aliphatic heterocycles. The molecule has 0 atom stereocenters. The van der Waals surface area contributed by atoms with Crippen LogP contribution in [0.15, 0.2) is 59.5 Å². The monoisotopic (exact) mass is 547 g/mol. The number of nitrogens with one attached hydrogen (secondary N) is 1. The van der Waals surface area contributed by atoms with Gasteiger partial charge in [0.1, 0.15) is 11.5 Å². The highest BCUT2D eigenvalue weighted by Gasteiger charge is 2.37. The molecule has 3 aromatic rings. The predicted octanol–water partition coefficient (Wildman–Crippen LogP) is 6.21. The number of aromatic nitrogens is 1. The zero-order valence-corrected chi connectivity index (χ0v) is 22.3. The molecule has 7 nitrogen and oxygen atoms in total. The lowest BCUT2D eigenvalue weighted by atomic mass is 9.84. The largest absolute Gasteiger partial charge is 0.481 e. The fraction of sp³-hybridized carbons (Fsp3) is 0.333. The Morgan fingerprint density at radius 1 is 0.947 bits per heavy atom. The number of aliphatic carboxylic acids is 1. The number of hydrogen-bond acceptors (Lipinski definition) is 5. The molecule has 0 radical (unpaired) electrons. The minimum Gasteiger partial charge on any atom is -0.481 e. The molecule has 38 heavy (non-hydrogen) atoms. The first kappa shape index (κ1) is 27.4. The number of carboxylic acid groups (broad SMARTS) is 1. The van der Waals surface area contributed by atoms with Crippen LogP contribution >= 0.6 is 0 Å². The number of carbonyl (C=O) groups is 1. The number of rotatable bonds is 4. The smallest absolute Gasteiger partial charge is 0.433 e. The van der Waals surface area contributed by atoms with Gasteiger partial charge in [0.25, 0.3) is 10.0 Å². The molecule has 0 amide bonds. The van der Waals surface area contributed by atoms with Crippen molar-refractivity contribution in [3.8, 4) is 0 Å². The number of halogens is 3. The third-order valence-corrected chi connectivity index (χ3v) is 8.44. The normalized spacial score (nSPS) is 14.3. The maximum absolute atomic E-state index is 14.0. The zero-order valence-electron chi connectivity index (χ0n) is 21.5. The summed E-state index contributed by atoms with van der Waals surface area (Å²) in [7, 11) is -4.23. The molecule has 11 heteroatoms. The van der Waals surface area contributed by atoms with Gasteiger partial charge in [0.15, 0.2) is 0 Å². The van der Waals surface area contributed by atoms with E-state index in [0.29, 0.717) is 5.56 Å². The molecule has 202 valence electrons. The molecule has 4 rings (SSSR count). The standard InChI is InChI=1S/C27H28F3N3O4S/c1-25(2,3)17-7-10-19(11-8-17)38(36,37)33-15-16-6-13-22(27(28,29)30)32-23(16)31-20-12-9-18(14-21(20)33)26(4,5)24(34)35/h6-14H,15H2,1-5H3,(H,31,32)(H,34,35). The summed E-state index contributed by atoms with van der Waals surface area (Å²) < 4.78 is 69.1. The topological polar surface area (TPSA) is 99.6 Å². The number of pyridine rings is 1. The van der Waals surface area contributed by atoms with Gasteiger partial charge < -0.3 is 10.4 Å². The molecular weight excluding hydrogens is 519 g/mol. The lowest BCUT2D eigenvalue weighted by Crippen LogP contribution is -2.32. The van der Waals surface area contributed by atoms with Crippen LogP contribution in [-0.2, 0) is 38.4 Å². The van der Waals surface area contributed by atoms with E-state index in [9.17, 15) is 31.5 Å². The molecule has 2 N–H and O–H groups in total. The van der Waals surface area contributed by atoms with Crippen LogP contribution < -0.4 is 9.62 Å². The van der Waals surface area contributed by atoms with Gasteiger partial charge in [-0.2, -0.15) is 13.2 Å². The summed E-state index contributed by atoms with van der Waals surface area (Å²) in [5.41, 5.74) is -0.943. The number of fused-ring (bicyclic) bond motifs is 2. The number of nitrogens with zero attached hydrogens (tertiary/aromatic N) is 2. The third-order valence-electron chi connectivity index (χ3n) is 6.67. The van der Waals surface area contributed by atoms with Crippen molar-refractivity contribution >= 4 is 33.2 Å². The van der Waals surface area contributed by atoms with Crippen molar-refractivity contribution in [1.82, 2.24) is 4.98 Å². The average molecular weight is 548 g/mol. The Kier molecular flexibility index (Phi) is 6.50. The molecule has 1 aliphatic rings. The van der Waals surface area contributed by atoms with Crippen LogP contribution in [-0.4, -0.2) is 24.5 Å². The second-order valence-electron chi connectivity index (χ2n) is 10.8. The Morgan fingerprint density at radius 3 is 2.11 bits per heavy atom. The first-order valence-electron chi connectivity index (χ1n) is 11.8. The van der Waals surface area contributed by atoms with Gasteiger partial charge >= 0.3 is 12.1 Å². The summed E-state index contributed by atoms with van der Waals surface area (Å²) in [6.07, 6.45) is -4.69. The number of sulfonamides is 1. The van der Waals surface area contributed by atoms with Gasteiger partial charge in [0.2, 0.25) is 0 Å². The highest BCUT2D eigenvalue weighted by Crippen LogP contribution is 2.42. The second kappa shape index (κ2) is 9.00. The predicted molar refractivity (Wildman–Crippen MR) is 138 cm³/mol. The van der Waals surface area contributed by atoms with E-state index < -0.39 is 33.3 Å². The van der Waals surface area contributed by atoms with Crippen molar-refractivity contribution in [2.24, 2.45) is 0 Å². The average Bonchev–Trinajstić information content (AvgIpc) is 2.99. The van der Waals surface area contributed by atoms with Crippen molar-refractivity contribution in [3.05, 3.63) is 77.0 Å². The summed E-state index contributed by atoms with van der Waals surface area (Å²) in [5.74, 6) is -1.25. The van der Waals surface area contributed by atoms with E-state index in [1.807, 2.05) is 20.8 Å². The molecular formula is C27H28F3N3O4S. The van der Waals surface area contributed by atoms with Gasteiger partial charge in [-0.1, -0.05) is 45.0 Å². The number of benzene rings is 2. The van der Waals surface area contributed by atoms with Gasteiger partial charge in [-0.15, -0.1) is 0 Å². The molecule has 0 aliphatic carbocycles. The van der Waals surface area contributed by atoms with Gasteiger partial charge in [0, 0.05) is 5.56 Å². The van der Waals surface area contributed by atoms with Crippen molar-refractivity contribution in [3.63, 3.8) is 0 Å². The quantitative estimate of drug-likeness (QED) is 0.403. The van der Waals surface area contributed by atoms with Crippen LogP contribution in [0.5, 0.6) is 0 Å². The zero-order chi connectivity index (χ0) is 28.3.